The molecule has 0 spiro atoms. The summed E-state index contributed by atoms with van der Waals surface area (Å²) in [4.78, 5) is 26.3. The first kappa shape index (κ1) is 37.3. The third kappa shape index (κ3) is 7.24. The molecule has 7 heteroatoms. The molecule has 6 nitrogen and oxygen atoms in total. The molecular formula is C45H57BrO6. The number of ether oxygens (including phenoxy) is 3. The molecule has 1 heterocycles. The van der Waals surface area contributed by atoms with Gasteiger partial charge in [-0.05, 0) is 135 Å². The topological polar surface area (TPSA) is 75.0 Å². The Bertz CT molecular complexity index is 1860. The van der Waals surface area contributed by atoms with Crippen LogP contribution in [0.1, 0.15) is 111 Å². The van der Waals surface area contributed by atoms with Crippen LogP contribution in [0.2, 0.25) is 0 Å². The number of hydrogen-bond donors (Lipinski definition) is 0. The predicted octanol–water partition coefficient (Wildman–Crippen LogP) is 12.0. The second kappa shape index (κ2) is 15.0. The number of rotatable bonds is 11. The highest BCUT2D eigenvalue weighted by Crippen LogP contribution is 2.67. The van der Waals surface area contributed by atoms with Crippen molar-refractivity contribution >= 4 is 32.9 Å². The first-order chi connectivity index (χ1) is 24.9. The van der Waals surface area contributed by atoms with Gasteiger partial charge in [0.25, 0.3) is 0 Å². The zero-order valence-electron chi connectivity index (χ0n) is 32.0. The zero-order chi connectivity index (χ0) is 36.8. The van der Waals surface area contributed by atoms with Crippen molar-refractivity contribution < 1.29 is 23.4 Å². The summed E-state index contributed by atoms with van der Waals surface area (Å²) in [6.45, 7) is 13.9. The summed E-state index contributed by atoms with van der Waals surface area (Å²) in [7, 11) is 0. The van der Waals surface area contributed by atoms with E-state index < -0.39 is 0 Å². The molecule has 0 radical (unpaired) electrons. The highest BCUT2D eigenvalue weighted by molar-refractivity contribution is 9.10. The van der Waals surface area contributed by atoms with Crippen LogP contribution in [0.25, 0.3) is 11.0 Å². The van der Waals surface area contributed by atoms with E-state index in [1.807, 2.05) is 12.1 Å². The van der Waals surface area contributed by atoms with Gasteiger partial charge in [0.05, 0.1) is 5.39 Å². The number of carbonyl (C=O) groups excluding carboxylic acids is 1. The molecule has 3 aromatic rings. The summed E-state index contributed by atoms with van der Waals surface area (Å²) in [6, 6.07) is 12.2. The van der Waals surface area contributed by atoms with Crippen LogP contribution in [0.15, 0.2) is 67.8 Å². The molecule has 8 atom stereocenters. The van der Waals surface area contributed by atoms with E-state index in [-0.39, 0.29) is 35.3 Å². The maximum Gasteiger partial charge on any atom is 0.344 e. The average Bonchev–Trinajstić information content (AvgIpc) is 3.47. The second-order valence-electron chi connectivity index (χ2n) is 17.5. The monoisotopic (exact) mass is 772 g/mol. The maximum atomic E-state index is 13.3. The van der Waals surface area contributed by atoms with Gasteiger partial charge in [-0.1, -0.05) is 81.5 Å². The van der Waals surface area contributed by atoms with Crippen LogP contribution in [-0.4, -0.2) is 18.7 Å². The van der Waals surface area contributed by atoms with Crippen LogP contribution < -0.4 is 14.9 Å². The Labute approximate surface area is 318 Å². The number of hydrogen-bond acceptors (Lipinski definition) is 6. The van der Waals surface area contributed by atoms with Gasteiger partial charge in [-0.15, -0.1) is 0 Å². The van der Waals surface area contributed by atoms with Crippen LogP contribution in [0.4, 0.5) is 0 Å². The molecule has 280 valence electrons. The number of halogens is 1. The van der Waals surface area contributed by atoms with Crippen molar-refractivity contribution in [3.05, 3.63) is 74.6 Å². The van der Waals surface area contributed by atoms with E-state index in [1.54, 1.807) is 37.3 Å². The molecule has 4 aliphatic carbocycles. The Morgan fingerprint density at radius 3 is 2.50 bits per heavy atom. The SMILES string of the molecule is Cc1oc2cc(OCC(=O)O[C@@H]3CC[C@@]4(C)C(=CC[C@@H]5[C@H]6CC[C@H]([C@H](C)CCCC(C)C)[C@@]6(C)CC[C@H]54)C3)ccc2c(=O)c1Oc1ccc(Br)cc1. The summed E-state index contributed by atoms with van der Waals surface area (Å²) >= 11 is 3.41. The smallest absolute Gasteiger partial charge is 0.344 e. The van der Waals surface area contributed by atoms with Gasteiger partial charge in [0, 0.05) is 17.0 Å². The summed E-state index contributed by atoms with van der Waals surface area (Å²) in [6.07, 6.45) is 16.1. The summed E-state index contributed by atoms with van der Waals surface area (Å²) in [5, 5.41) is 0.378. The highest BCUT2D eigenvalue weighted by atomic mass is 79.9. The fourth-order valence-corrected chi connectivity index (χ4v) is 11.5. The minimum Gasteiger partial charge on any atom is -0.482 e. The van der Waals surface area contributed by atoms with Gasteiger partial charge in [0.1, 0.15) is 28.9 Å². The Balaban J connectivity index is 0.944. The molecule has 7 rings (SSSR count). The largest absolute Gasteiger partial charge is 0.482 e. The van der Waals surface area contributed by atoms with Gasteiger partial charge in [-0.3, -0.25) is 4.79 Å². The third-order valence-electron chi connectivity index (χ3n) is 13.9. The highest BCUT2D eigenvalue weighted by Gasteiger charge is 2.59. The summed E-state index contributed by atoms with van der Waals surface area (Å²) in [5.74, 6) is 5.98. The van der Waals surface area contributed by atoms with Gasteiger partial charge in [-0.25, -0.2) is 4.79 Å². The van der Waals surface area contributed by atoms with Crippen molar-refractivity contribution in [2.24, 2.45) is 46.3 Å². The molecule has 0 saturated heterocycles. The lowest BCUT2D eigenvalue weighted by molar-refractivity contribution is -0.153. The maximum absolute atomic E-state index is 13.3. The van der Waals surface area contributed by atoms with Crippen LogP contribution in [0.5, 0.6) is 17.2 Å². The number of aryl methyl sites for hydroxylation is 1. The Morgan fingerprint density at radius 1 is 0.962 bits per heavy atom. The van der Waals surface area contributed by atoms with E-state index in [0.29, 0.717) is 33.6 Å². The van der Waals surface area contributed by atoms with Crippen molar-refractivity contribution in [2.45, 2.75) is 118 Å². The molecule has 2 aromatic carbocycles. The Kier molecular flexibility index (Phi) is 10.7. The normalized spacial score (nSPS) is 30.2. The average molecular weight is 774 g/mol. The van der Waals surface area contributed by atoms with Crippen LogP contribution in [0, 0.1) is 53.3 Å². The van der Waals surface area contributed by atoms with Gasteiger partial charge < -0.3 is 18.6 Å². The standard InChI is InChI=1S/C45H57BrO6/c1-27(2)8-7-9-28(3)37-18-19-38-35-16-10-30-24-34(20-22-44(30,5)39(35)21-23-45(37,38)6)51-41(47)26-49-33-15-17-36-40(25-33)50-29(4)43(42(36)48)52-32-13-11-31(46)12-14-32/h10-15,17,25,27-28,34-35,37-39H,7-9,16,18-24,26H2,1-6H3/t28-,34-,35-,37-,38-,39-,44+,45-/m1/s1. The van der Waals surface area contributed by atoms with Gasteiger partial charge in [-0.2, -0.15) is 0 Å². The van der Waals surface area contributed by atoms with Gasteiger partial charge in [0.2, 0.25) is 11.2 Å². The molecule has 0 N–H and O–H groups in total. The Morgan fingerprint density at radius 2 is 1.73 bits per heavy atom. The van der Waals surface area contributed by atoms with Crippen molar-refractivity contribution in [2.75, 3.05) is 6.61 Å². The predicted molar refractivity (Wildman–Crippen MR) is 210 cm³/mol. The fourth-order valence-electron chi connectivity index (χ4n) is 11.2. The number of allylic oxidation sites excluding steroid dienone is 1. The molecule has 4 aliphatic rings. The minimum atomic E-state index is -0.369. The lowest BCUT2D eigenvalue weighted by Gasteiger charge is -2.58. The second-order valence-corrected chi connectivity index (χ2v) is 18.4. The van der Waals surface area contributed by atoms with E-state index in [2.05, 4.69) is 56.6 Å². The lowest BCUT2D eigenvalue weighted by atomic mass is 9.47. The van der Waals surface area contributed by atoms with Gasteiger partial charge >= 0.3 is 5.97 Å². The van der Waals surface area contributed by atoms with E-state index in [1.165, 1.54) is 56.9 Å². The fraction of sp³-hybridized carbons (Fsp3) is 0.600. The van der Waals surface area contributed by atoms with E-state index in [4.69, 9.17) is 18.6 Å². The number of benzene rings is 2. The zero-order valence-corrected chi connectivity index (χ0v) is 33.6. The molecule has 52 heavy (non-hydrogen) atoms. The third-order valence-corrected chi connectivity index (χ3v) is 14.5. The van der Waals surface area contributed by atoms with Crippen molar-refractivity contribution in [1.82, 2.24) is 0 Å². The number of fused-ring (bicyclic) bond motifs is 6. The van der Waals surface area contributed by atoms with Crippen LogP contribution in [-0.2, 0) is 9.53 Å². The van der Waals surface area contributed by atoms with E-state index >= 15 is 0 Å². The minimum absolute atomic E-state index is 0.121. The Hall–Kier alpha value is -3.06. The first-order valence-electron chi connectivity index (χ1n) is 19.9. The molecular weight excluding hydrogens is 716 g/mol. The van der Waals surface area contributed by atoms with E-state index in [0.717, 1.165) is 59.2 Å². The lowest BCUT2D eigenvalue weighted by Crippen LogP contribution is -2.51. The molecule has 0 unspecified atom stereocenters. The van der Waals surface area contributed by atoms with Gasteiger partial charge in [0.15, 0.2) is 6.61 Å². The molecule has 0 aliphatic heterocycles. The molecule has 0 amide bonds. The molecule has 3 fully saturated rings. The van der Waals surface area contributed by atoms with Crippen LogP contribution >= 0.6 is 15.9 Å². The summed E-state index contributed by atoms with van der Waals surface area (Å²) < 4.78 is 24.6. The first-order valence-corrected chi connectivity index (χ1v) is 20.7. The number of esters is 1. The van der Waals surface area contributed by atoms with Crippen molar-refractivity contribution in [3.63, 3.8) is 0 Å². The van der Waals surface area contributed by atoms with Crippen LogP contribution in [0.3, 0.4) is 0 Å². The molecule has 0 bridgehead atoms. The van der Waals surface area contributed by atoms with E-state index in [9.17, 15) is 9.59 Å². The molecule has 3 saturated carbocycles. The quantitative estimate of drug-likeness (QED) is 0.143. The van der Waals surface area contributed by atoms with Crippen molar-refractivity contribution in [1.29, 1.82) is 0 Å². The number of carbonyl (C=O) groups is 1. The molecule has 1 aromatic heterocycles. The summed E-state index contributed by atoms with van der Waals surface area (Å²) in [5.41, 5.74) is 2.32. The van der Waals surface area contributed by atoms with Crippen molar-refractivity contribution in [3.8, 4) is 17.2 Å².